The summed E-state index contributed by atoms with van der Waals surface area (Å²) in [5.74, 6) is 1.12. The van der Waals surface area contributed by atoms with Gasteiger partial charge in [0.1, 0.15) is 17.3 Å². The monoisotopic (exact) mass is 408 g/mol. The zero-order valence-electron chi connectivity index (χ0n) is 14.6. The molecule has 0 spiro atoms. The molecule has 1 aliphatic heterocycles. The Bertz CT molecular complexity index is 1160. The Balaban J connectivity index is 1.49. The minimum absolute atomic E-state index is 0.0273. The second-order valence-corrected chi connectivity index (χ2v) is 6.77. The fourth-order valence-electron chi connectivity index (χ4n) is 2.47. The van der Waals surface area contributed by atoms with Crippen molar-refractivity contribution in [2.24, 2.45) is 10.2 Å². The zero-order chi connectivity index (χ0) is 20.2. The Morgan fingerprint density at radius 2 is 2.03 bits per heavy atom. The van der Waals surface area contributed by atoms with Crippen molar-refractivity contribution in [3.8, 4) is 11.3 Å². The molecule has 29 heavy (non-hydrogen) atoms. The molecule has 0 saturated carbocycles. The molecule has 0 aliphatic carbocycles. The summed E-state index contributed by atoms with van der Waals surface area (Å²) in [6, 6.07) is 12.9. The summed E-state index contributed by atoms with van der Waals surface area (Å²) < 4.78 is 10.8. The average molecular weight is 408 g/mol. The van der Waals surface area contributed by atoms with Gasteiger partial charge < -0.3 is 8.83 Å². The second kappa shape index (κ2) is 7.98. The van der Waals surface area contributed by atoms with Crippen molar-refractivity contribution in [3.63, 3.8) is 0 Å². The normalized spacial score (nSPS) is 16.8. The van der Waals surface area contributed by atoms with E-state index in [0.29, 0.717) is 32.9 Å². The van der Waals surface area contributed by atoms with Crippen molar-refractivity contribution < 1.29 is 18.6 Å². The number of carbonyl (C=O) groups is 1. The zero-order valence-corrected chi connectivity index (χ0v) is 15.5. The number of nitrogens with zero attached hydrogens (tertiary/aromatic N) is 3. The first-order chi connectivity index (χ1) is 14.1. The van der Waals surface area contributed by atoms with Gasteiger partial charge in [-0.05, 0) is 36.0 Å². The van der Waals surface area contributed by atoms with Gasteiger partial charge in [-0.3, -0.25) is 20.2 Å². The minimum atomic E-state index is -0.468. The smallest absolute Gasteiger partial charge is 0.270 e. The van der Waals surface area contributed by atoms with Crippen LogP contribution in [-0.2, 0) is 4.79 Å². The van der Waals surface area contributed by atoms with Crippen LogP contribution in [0.2, 0.25) is 0 Å². The Kier molecular flexibility index (Phi) is 5.08. The molecule has 9 nitrogen and oxygen atoms in total. The van der Waals surface area contributed by atoms with Crippen LogP contribution in [0.5, 0.6) is 0 Å². The topological polar surface area (TPSA) is 123 Å². The number of thioether (sulfide) groups is 1. The SMILES string of the molecule is O=C1NC(=NN=Cc2ccco2)SC1=Cc1ccc(-c2cccc([N+](=O)[O-])c2)o1. The quantitative estimate of drug-likeness (QED) is 0.294. The van der Waals surface area contributed by atoms with Crippen LogP contribution in [0.4, 0.5) is 5.69 Å². The maximum absolute atomic E-state index is 12.1. The summed E-state index contributed by atoms with van der Waals surface area (Å²) in [4.78, 5) is 22.9. The van der Waals surface area contributed by atoms with Gasteiger partial charge in [-0.1, -0.05) is 12.1 Å². The lowest BCUT2D eigenvalue weighted by atomic mass is 10.1. The highest BCUT2D eigenvalue weighted by atomic mass is 32.2. The second-order valence-electron chi connectivity index (χ2n) is 5.74. The van der Waals surface area contributed by atoms with Gasteiger partial charge in [0.25, 0.3) is 11.6 Å². The lowest BCUT2D eigenvalue weighted by Crippen LogP contribution is -2.19. The molecule has 1 aromatic carbocycles. The highest BCUT2D eigenvalue weighted by molar-refractivity contribution is 8.18. The van der Waals surface area contributed by atoms with Crippen molar-refractivity contribution in [1.29, 1.82) is 0 Å². The molecule has 1 aliphatic rings. The van der Waals surface area contributed by atoms with E-state index in [1.807, 2.05) is 0 Å². The molecule has 2 aromatic heterocycles. The summed E-state index contributed by atoms with van der Waals surface area (Å²) in [5, 5.41) is 21.7. The summed E-state index contributed by atoms with van der Waals surface area (Å²) in [5.41, 5.74) is 0.544. The maximum atomic E-state index is 12.1. The highest BCUT2D eigenvalue weighted by Gasteiger charge is 2.24. The van der Waals surface area contributed by atoms with E-state index in [1.54, 1.807) is 42.5 Å². The molecule has 144 valence electrons. The molecule has 0 unspecified atom stereocenters. The summed E-state index contributed by atoms with van der Waals surface area (Å²) >= 11 is 1.12. The van der Waals surface area contributed by atoms with E-state index in [4.69, 9.17) is 8.83 Å². The van der Waals surface area contributed by atoms with Gasteiger partial charge in [0.05, 0.1) is 22.3 Å². The van der Waals surface area contributed by atoms with E-state index in [-0.39, 0.29) is 11.6 Å². The molecule has 3 heterocycles. The molecule has 1 N–H and O–H groups in total. The Morgan fingerprint density at radius 1 is 1.14 bits per heavy atom. The van der Waals surface area contributed by atoms with Crippen LogP contribution in [-0.4, -0.2) is 22.2 Å². The number of benzene rings is 1. The molecule has 0 atom stereocenters. The van der Waals surface area contributed by atoms with E-state index in [1.165, 1.54) is 24.6 Å². The molecule has 10 heteroatoms. The predicted molar refractivity (Wildman–Crippen MR) is 108 cm³/mol. The summed E-state index contributed by atoms with van der Waals surface area (Å²) in [6.07, 6.45) is 4.52. The molecule has 0 radical (unpaired) electrons. The number of hydrogen-bond donors (Lipinski definition) is 1. The first kappa shape index (κ1) is 18.4. The number of furan rings is 2. The number of rotatable bonds is 5. The predicted octanol–water partition coefficient (Wildman–Crippen LogP) is 4.04. The van der Waals surface area contributed by atoms with Crippen molar-refractivity contribution in [2.75, 3.05) is 0 Å². The Morgan fingerprint density at radius 3 is 2.83 bits per heavy atom. The highest BCUT2D eigenvalue weighted by Crippen LogP contribution is 2.30. The number of nitrogens with one attached hydrogen (secondary N) is 1. The van der Waals surface area contributed by atoms with Gasteiger partial charge in [0.15, 0.2) is 5.17 Å². The Labute approximate surface area is 168 Å². The Hall–Kier alpha value is -3.92. The fourth-order valence-corrected chi connectivity index (χ4v) is 3.22. The van der Waals surface area contributed by atoms with Crippen molar-refractivity contribution in [1.82, 2.24) is 5.32 Å². The van der Waals surface area contributed by atoms with Gasteiger partial charge in [0.2, 0.25) is 0 Å². The van der Waals surface area contributed by atoms with Crippen molar-refractivity contribution >= 4 is 40.8 Å². The average Bonchev–Trinajstić information content (AvgIpc) is 3.45. The van der Waals surface area contributed by atoms with Gasteiger partial charge in [-0.15, -0.1) is 5.10 Å². The third-order valence-electron chi connectivity index (χ3n) is 3.77. The number of amides is 1. The van der Waals surface area contributed by atoms with E-state index >= 15 is 0 Å². The van der Waals surface area contributed by atoms with Gasteiger partial charge in [0, 0.05) is 23.8 Å². The van der Waals surface area contributed by atoms with Crippen LogP contribution >= 0.6 is 11.8 Å². The van der Waals surface area contributed by atoms with Crippen LogP contribution < -0.4 is 5.32 Å². The van der Waals surface area contributed by atoms with Gasteiger partial charge in [-0.25, -0.2) is 0 Å². The van der Waals surface area contributed by atoms with Crippen LogP contribution in [0.15, 0.2) is 78.7 Å². The lowest BCUT2D eigenvalue weighted by Gasteiger charge is -1.97. The molecule has 4 rings (SSSR count). The van der Waals surface area contributed by atoms with Crippen LogP contribution in [0.1, 0.15) is 11.5 Å². The van der Waals surface area contributed by atoms with Crippen LogP contribution in [0.25, 0.3) is 17.4 Å². The van der Waals surface area contributed by atoms with Crippen LogP contribution in [0.3, 0.4) is 0 Å². The number of nitro benzene ring substituents is 1. The summed E-state index contributed by atoms with van der Waals surface area (Å²) in [7, 11) is 0. The lowest BCUT2D eigenvalue weighted by molar-refractivity contribution is -0.384. The number of carbonyl (C=O) groups excluding carboxylic acids is 1. The fraction of sp³-hybridized carbons (Fsp3) is 0. The van der Waals surface area contributed by atoms with E-state index < -0.39 is 4.92 Å². The van der Waals surface area contributed by atoms with E-state index in [2.05, 4.69) is 15.5 Å². The summed E-state index contributed by atoms with van der Waals surface area (Å²) in [6.45, 7) is 0. The molecule has 1 saturated heterocycles. The maximum Gasteiger partial charge on any atom is 0.270 e. The number of hydrogen-bond acceptors (Lipinski definition) is 8. The third-order valence-corrected chi connectivity index (χ3v) is 4.67. The molecule has 1 amide bonds. The molecular formula is C19H12N4O5S. The molecular weight excluding hydrogens is 396 g/mol. The largest absolute Gasteiger partial charge is 0.463 e. The van der Waals surface area contributed by atoms with E-state index in [9.17, 15) is 14.9 Å². The number of amidine groups is 1. The molecule has 3 aromatic rings. The van der Waals surface area contributed by atoms with Crippen molar-refractivity contribution in [3.05, 3.63) is 81.3 Å². The first-order valence-electron chi connectivity index (χ1n) is 8.28. The number of non-ortho nitro benzene ring substituents is 1. The number of nitro groups is 1. The molecule has 0 bridgehead atoms. The molecule has 1 fully saturated rings. The van der Waals surface area contributed by atoms with Crippen LogP contribution in [0, 0.1) is 10.1 Å². The van der Waals surface area contributed by atoms with Crippen molar-refractivity contribution in [2.45, 2.75) is 0 Å². The van der Waals surface area contributed by atoms with Gasteiger partial charge >= 0.3 is 0 Å². The first-order valence-corrected chi connectivity index (χ1v) is 9.10. The van der Waals surface area contributed by atoms with Gasteiger partial charge in [-0.2, -0.15) is 5.10 Å². The van der Waals surface area contributed by atoms with E-state index in [0.717, 1.165) is 11.8 Å². The standard InChI is InChI=1S/C19H12N4O5S/c24-18-17(29-19(21-18)22-20-11-15-5-2-8-27-15)10-14-6-7-16(28-14)12-3-1-4-13(9-12)23(25)26/h1-11H,(H,21,22,24). The third kappa shape index (κ3) is 4.33. The minimum Gasteiger partial charge on any atom is -0.463 e.